The molecule has 0 radical (unpaired) electrons. The van der Waals surface area contributed by atoms with Crippen LogP contribution in [0.1, 0.15) is 10.4 Å². The smallest absolute Gasteiger partial charge is 0.271 e. The summed E-state index contributed by atoms with van der Waals surface area (Å²) in [6, 6.07) is 9.37. The Balaban J connectivity index is 1.73. The molecule has 0 saturated carbocycles. The van der Waals surface area contributed by atoms with Gasteiger partial charge in [0.1, 0.15) is 17.8 Å². The molecule has 3 aromatic rings. The normalized spacial score (nSPS) is 10.1. The van der Waals surface area contributed by atoms with Crippen LogP contribution in [0.25, 0.3) is 0 Å². The van der Waals surface area contributed by atoms with E-state index in [0.29, 0.717) is 5.56 Å². The van der Waals surface area contributed by atoms with E-state index in [0.717, 1.165) is 0 Å². The third-order valence-electron chi connectivity index (χ3n) is 3.23. The molecule has 2 heterocycles. The molecule has 0 saturated heterocycles. The van der Waals surface area contributed by atoms with E-state index in [-0.39, 0.29) is 23.0 Å². The van der Waals surface area contributed by atoms with E-state index in [9.17, 15) is 9.18 Å². The number of para-hydroxylation sites is 1. The van der Waals surface area contributed by atoms with Gasteiger partial charge in [0.05, 0.1) is 11.3 Å². The van der Waals surface area contributed by atoms with Crippen LogP contribution in [0.4, 0.5) is 27.4 Å². The van der Waals surface area contributed by atoms with Crippen molar-refractivity contribution in [2.75, 3.05) is 16.5 Å². The molecule has 0 aliphatic rings. The molecule has 25 heavy (non-hydrogen) atoms. The number of nitrogens with zero attached hydrogens (tertiary/aromatic N) is 3. The van der Waals surface area contributed by atoms with Gasteiger partial charge >= 0.3 is 0 Å². The highest BCUT2D eigenvalue weighted by Crippen LogP contribution is 2.26. The molecule has 1 aromatic carbocycles. The number of nitrogen functional groups attached to an aromatic ring is 1. The predicted molar refractivity (Wildman–Crippen MR) is 91.5 cm³/mol. The Morgan fingerprint density at radius 3 is 2.64 bits per heavy atom. The Hall–Kier alpha value is -3.75. The molecule has 0 bridgehead atoms. The highest BCUT2D eigenvalue weighted by atomic mass is 19.1. The largest absolute Gasteiger partial charge is 0.393 e. The molecular weight excluding hydrogens is 325 g/mol. The summed E-state index contributed by atoms with van der Waals surface area (Å²) in [6.45, 7) is 0. The number of hydrazine groups is 1. The minimum Gasteiger partial charge on any atom is -0.393 e. The molecule has 0 atom stereocenters. The van der Waals surface area contributed by atoms with Crippen LogP contribution in [-0.2, 0) is 0 Å². The van der Waals surface area contributed by atoms with Gasteiger partial charge in [-0.25, -0.2) is 14.4 Å². The van der Waals surface area contributed by atoms with Crippen molar-refractivity contribution in [1.29, 1.82) is 0 Å². The second kappa shape index (κ2) is 7.21. The number of pyridine rings is 1. The van der Waals surface area contributed by atoms with Gasteiger partial charge in [-0.3, -0.25) is 20.6 Å². The molecule has 0 unspecified atom stereocenters. The Morgan fingerprint density at radius 1 is 1.08 bits per heavy atom. The van der Waals surface area contributed by atoms with Gasteiger partial charge in [-0.05, 0) is 24.3 Å². The lowest BCUT2D eigenvalue weighted by Crippen LogP contribution is -2.30. The van der Waals surface area contributed by atoms with Crippen LogP contribution in [0.15, 0.2) is 55.1 Å². The molecule has 126 valence electrons. The van der Waals surface area contributed by atoms with E-state index in [2.05, 4.69) is 31.1 Å². The third kappa shape index (κ3) is 3.78. The van der Waals surface area contributed by atoms with E-state index in [1.54, 1.807) is 36.5 Å². The number of amides is 1. The fourth-order valence-corrected chi connectivity index (χ4v) is 1.97. The number of hydrogen-bond donors (Lipinski definition) is 4. The molecule has 1 amide bonds. The molecule has 3 rings (SSSR count). The van der Waals surface area contributed by atoms with Crippen LogP contribution in [0.2, 0.25) is 0 Å². The lowest BCUT2D eigenvalue weighted by molar-refractivity contribution is 0.0962. The highest BCUT2D eigenvalue weighted by Gasteiger charge is 2.11. The monoisotopic (exact) mass is 339 g/mol. The number of hydrogen-bond acceptors (Lipinski definition) is 7. The quantitative estimate of drug-likeness (QED) is 0.526. The number of rotatable bonds is 5. The standard InChI is InChI=1S/C16H14FN7O/c17-11-5-1-2-6-12(11)22-14-13(18)15(21-9-20-14)23-24-16(25)10-4-3-7-19-8-10/h1-9H,18H2,(H,24,25)(H2,20,21,22,23). The van der Waals surface area contributed by atoms with Gasteiger partial charge in [-0.1, -0.05) is 12.1 Å². The van der Waals surface area contributed by atoms with Crippen molar-refractivity contribution in [2.24, 2.45) is 0 Å². The Bertz CT molecular complexity index is 889. The van der Waals surface area contributed by atoms with Crippen LogP contribution < -0.4 is 21.9 Å². The predicted octanol–water partition coefficient (Wildman–Crippen LogP) is 2.09. The second-order valence-corrected chi connectivity index (χ2v) is 4.91. The van der Waals surface area contributed by atoms with E-state index in [1.807, 2.05) is 0 Å². The number of halogens is 1. The first-order chi connectivity index (χ1) is 12.1. The first-order valence-corrected chi connectivity index (χ1v) is 7.23. The zero-order chi connectivity index (χ0) is 17.6. The summed E-state index contributed by atoms with van der Waals surface area (Å²) in [5.74, 6) is -0.473. The number of carbonyl (C=O) groups excluding carboxylic acids is 1. The van der Waals surface area contributed by atoms with E-state index in [1.165, 1.54) is 18.6 Å². The molecule has 0 aliphatic heterocycles. The van der Waals surface area contributed by atoms with Crippen molar-refractivity contribution in [3.05, 3.63) is 66.5 Å². The maximum absolute atomic E-state index is 13.7. The van der Waals surface area contributed by atoms with Crippen molar-refractivity contribution < 1.29 is 9.18 Å². The molecule has 8 nitrogen and oxygen atoms in total. The number of nitrogens with one attached hydrogen (secondary N) is 3. The maximum Gasteiger partial charge on any atom is 0.271 e. The molecule has 0 fully saturated rings. The minimum atomic E-state index is -0.445. The van der Waals surface area contributed by atoms with Crippen LogP contribution >= 0.6 is 0 Å². The van der Waals surface area contributed by atoms with Crippen molar-refractivity contribution in [3.63, 3.8) is 0 Å². The molecule has 0 aliphatic carbocycles. The molecule has 0 spiro atoms. The summed E-state index contributed by atoms with van der Waals surface area (Å²) in [5, 5.41) is 2.79. The summed E-state index contributed by atoms with van der Waals surface area (Å²) in [6.07, 6.45) is 4.22. The molecule has 5 N–H and O–H groups in total. The van der Waals surface area contributed by atoms with Gasteiger partial charge in [-0.15, -0.1) is 0 Å². The van der Waals surface area contributed by atoms with Crippen LogP contribution in [0.5, 0.6) is 0 Å². The number of benzene rings is 1. The van der Waals surface area contributed by atoms with Gasteiger partial charge in [0.15, 0.2) is 11.6 Å². The summed E-state index contributed by atoms with van der Waals surface area (Å²) < 4.78 is 13.7. The summed E-state index contributed by atoms with van der Waals surface area (Å²) in [5.41, 5.74) is 11.8. The molecular formula is C16H14FN7O. The zero-order valence-corrected chi connectivity index (χ0v) is 12.9. The van der Waals surface area contributed by atoms with Gasteiger partial charge in [0, 0.05) is 12.4 Å². The van der Waals surface area contributed by atoms with Crippen LogP contribution in [-0.4, -0.2) is 20.9 Å². The molecule has 9 heteroatoms. The topological polar surface area (TPSA) is 118 Å². The van der Waals surface area contributed by atoms with Gasteiger partial charge in [0.25, 0.3) is 5.91 Å². The van der Waals surface area contributed by atoms with Gasteiger partial charge < -0.3 is 11.1 Å². The van der Waals surface area contributed by atoms with Crippen molar-refractivity contribution >= 4 is 28.9 Å². The Morgan fingerprint density at radius 2 is 1.88 bits per heavy atom. The van der Waals surface area contributed by atoms with E-state index < -0.39 is 11.7 Å². The van der Waals surface area contributed by atoms with Gasteiger partial charge in [-0.2, -0.15) is 0 Å². The summed E-state index contributed by atoms with van der Waals surface area (Å²) in [4.78, 5) is 23.8. The number of anilines is 4. The lowest BCUT2D eigenvalue weighted by Gasteiger charge is -2.13. The average molecular weight is 339 g/mol. The van der Waals surface area contributed by atoms with Crippen molar-refractivity contribution in [3.8, 4) is 0 Å². The Kier molecular flexibility index (Phi) is 4.65. The zero-order valence-electron chi connectivity index (χ0n) is 12.9. The summed E-state index contributed by atoms with van der Waals surface area (Å²) in [7, 11) is 0. The number of aromatic nitrogens is 3. The SMILES string of the molecule is Nc1c(NNC(=O)c2cccnc2)ncnc1Nc1ccccc1F. The van der Waals surface area contributed by atoms with Crippen LogP contribution in [0, 0.1) is 5.82 Å². The lowest BCUT2D eigenvalue weighted by atomic mass is 10.3. The van der Waals surface area contributed by atoms with Crippen LogP contribution in [0.3, 0.4) is 0 Å². The van der Waals surface area contributed by atoms with E-state index >= 15 is 0 Å². The first kappa shape index (κ1) is 16.1. The van der Waals surface area contributed by atoms with Gasteiger partial charge in [0.2, 0.25) is 0 Å². The van der Waals surface area contributed by atoms with Crippen molar-refractivity contribution in [1.82, 2.24) is 20.4 Å². The number of carbonyl (C=O) groups is 1. The fourth-order valence-electron chi connectivity index (χ4n) is 1.97. The minimum absolute atomic E-state index is 0.122. The fraction of sp³-hybridized carbons (Fsp3) is 0. The average Bonchev–Trinajstić information content (AvgIpc) is 2.64. The van der Waals surface area contributed by atoms with Crippen molar-refractivity contribution in [2.45, 2.75) is 0 Å². The summed E-state index contributed by atoms with van der Waals surface area (Å²) >= 11 is 0. The van der Waals surface area contributed by atoms with E-state index in [4.69, 9.17) is 5.73 Å². The maximum atomic E-state index is 13.7. The third-order valence-corrected chi connectivity index (χ3v) is 3.23. The number of nitrogens with two attached hydrogens (primary N) is 1. The molecule has 2 aromatic heterocycles. The second-order valence-electron chi connectivity index (χ2n) is 4.91. The highest BCUT2D eigenvalue weighted by molar-refractivity contribution is 5.94. The Labute approximate surface area is 142 Å². The first-order valence-electron chi connectivity index (χ1n) is 7.23.